The molecule has 0 saturated heterocycles. The van der Waals surface area contributed by atoms with Gasteiger partial charge < -0.3 is 4.74 Å². The summed E-state index contributed by atoms with van der Waals surface area (Å²) in [6, 6.07) is 0. The Labute approximate surface area is 101 Å². The lowest BCUT2D eigenvalue weighted by Crippen LogP contribution is -2.24. The molecule has 0 fully saturated rings. The molecule has 88 valence electrons. The van der Waals surface area contributed by atoms with Gasteiger partial charge in [-0.2, -0.15) is 0 Å². The molecule has 0 rings (SSSR count). The predicted molar refractivity (Wildman–Crippen MR) is 70.4 cm³/mol. The summed E-state index contributed by atoms with van der Waals surface area (Å²) in [5, 5.41) is 0. The largest absolute Gasteiger partial charge is 0.457 e. The number of thioether (sulfide) groups is 2. The molecule has 0 N–H and O–H groups in total. The van der Waals surface area contributed by atoms with Crippen LogP contribution in [0.2, 0.25) is 0 Å². The van der Waals surface area contributed by atoms with E-state index in [0.717, 1.165) is 11.5 Å². The van der Waals surface area contributed by atoms with Gasteiger partial charge in [0.1, 0.15) is 6.10 Å². The summed E-state index contributed by atoms with van der Waals surface area (Å²) in [6.07, 6.45) is -0.0656. The fourth-order valence-electron chi connectivity index (χ4n) is 0.973. The van der Waals surface area contributed by atoms with Crippen molar-refractivity contribution in [1.82, 2.24) is 0 Å². The number of ether oxygens (including phenoxy) is 1. The van der Waals surface area contributed by atoms with E-state index in [-0.39, 0.29) is 12.1 Å². The van der Waals surface area contributed by atoms with Gasteiger partial charge in [0, 0.05) is 5.57 Å². The fourth-order valence-corrected chi connectivity index (χ4v) is 3.48. The van der Waals surface area contributed by atoms with Crippen LogP contribution >= 0.6 is 23.5 Å². The molecule has 0 aliphatic carbocycles. The molecule has 0 radical (unpaired) electrons. The first-order chi connectivity index (χ1) is 7.02. The fraction of sp³-hybridized carbons (Fsp3) is 0.727. The quantitative estimate of drug-likeness (QED) is 0.392. The first kappa shape index (κ1) is 14.9. The molecule has 0 spiro atoms. The number of carbonyl (C=O) groups excluding carboxylic acids is 1. The van der Waals surface area contributed by atoms with Crippen molar-refractivity contribution in [3.8, 4) is 0 Å². The van der Waals surface area contributed by atoms with E-state index >= 15 is 0 Å². The molecule has 0 aromatic rings. The van der Waals surface area contributed by atoms with Crippen molar-refractivity contribution in [1.29, 1.82) is 0 Å². The van der Waals surface area contributed by atoms with E-state index in [4.69, 9.17) is 4.74 Å². The van der Waals surface area contributed by atoms with Crippen molar-refractivity contribution in [3.05, 3.63) is 12.2 Å². The van der Waals surface area contributed by atoms with Gasteiger partial charge in [0.15, 0.2) is 0 Å². The first-order valence-corrected chi connectivity index (χ1v) is 7.22. The van der Waals surface area contributed by atoms with Crippen LogP contribution in [0.25, 0.3) is 0 Å². The highest BCUT2D eigenvalue weighted by atomic mass is 32.2. The van der Waals surface area contributed by atoms with Crippen LogP contribution in [-0.4, -0.2) is 28.2 Å². The Morgan fingerprint density at radius 1 is 1.33 bits per heavy atom. The number of hydrogen-bond acceptors (Lipinski definition) is 4. The zero-order valence-electron chi connectivity index (χ0n) is 9.91. The van der Waals surface area contributed by atoms with E-state index in [9.17, 15) is 4.79 Å². The lowest BCUT2D eigenvalue weighted by Gasteiger charge is -2.22. The molecule has 0 aromatic carbocycles. The number of carbonyl (C=O) groups is 1. The van der Waals surface area contributed by atoms with Gasteiger partial charge in [-0.3, -0.25) is 0 Å². The molecule has 0 aromatic heterocycles. The maximum atomic E-state index is 11.3. The SMILES string of the molecule is C=C(C)C(=O)OC(C)C(SCC)SCC. The van der Waals surface area contributed by atoms with Gasteiger partial charge in [0.25, 0.3) is 0 Å². The zero-order chi connectivity index (χ0) is 11.8. The lowest BCUT2D eigenvalue weighted by molar-refractivity contribution is -0.142. The van der Waals surface area contributed by atoms with E-state index in [1.54, 1.807) is 6.92 Å². The van der Waals surface area contributed by atoms with Crippen molar-refractivity contribution < 1.29 is 9.53 Å². The third-order valence-electron chi connectivity index (χ3n) is 1.69. The molecule has 1 unspecified atom stereocenters. The summed E-state index contributed by atoms with van der Waals surface area (Å²) in [4.78, 5) is 11.3. The zero-order valence-corrected chi connectivity index (χ0v) is 11.5. The van der Waals surface area contributed by atoms with Crippen molar-refractivity contribution in [2.75, 3.05) is 11.5 Å². The van der Waals surface area contributed by atoms with E-state index in [1.165, 1.54) is 0 Å². The molecule has 2 nitrogen and oxygen atoms in total. The van der Waals surface area contributed by atoms with Crippen LogP contribution in [0.5, 0.6) is 0 Å². The normalized spacial score (nSPS) is 12.6. The minimum atomic E-state index is -0.291. The van der Waals surface area contributed by atoms with Gasteiger partial charge in [0.05, 0.1) is 4.58 Å². The highest BCUT2D eigenvalue weighted by Gasteiger charge is 2.20. The van der Waals surface area contributed by atoms with Gasteiger partial charge in [-0.1, -0.05) is 20.4 Å². The van der Waals surface area contributed by atoms with Crippen molar-refractivity contribution >= 4 is 29.5 Å². The molecule has 0 saturated carbocycles. The van der Waals surface area contributed by atoms with Gasteiger partial charge in [0.2, 0.25) is 0 Å². The lowest BCUT2D eigenvalue weighted by atomic mass is 10.3. The highest BCUT2D eigenvalue weighted by Crippen LogP contribution is 2.28. The van der Waals surface area contributed by atoms with Crippen LogP contribution in [0.3, 0.4) is 0 Å². The maximum absolute atomic E-state index is 11.3. The van der Waals surface area contributed by atoms with Crippen LogP contribution in [0, 0.1) is 0 Å². The first-order valence-electron chi connectivity index (χ1n) is 5.12. The minimum Gasteiger partial charge on any atom is -0.457 e. The predicted octanol–water partition coefficient (Wildman–Crippen LogP) is 3.33. The summed E-state index contributed by atoms with van der Waals surface area (Å²) in [6.45, 7) is 11.4. The Hall–Kier alpha value is -0.0900. The third kappa shape index (κ3) is 6.15. The van der Waals surface area contributed by atoms with E-state index in [0.29, 0.717) is 10.2 Å². The number of hydrogen-bond donors (Lipinski definition) is 0. The summed E-state index contributed by atoms with van der Waals surface area (Å²) in [5.41, 5.74) is 0.462. The molecule has 0 amide bonds. The molecule has 0 heterocycles. The second-order valence-corrected chi connectivity index (χ2v) is 6.31. The van der Waals surface area contributed by atoms with E-state index < -0.39 is 0 Å². The molecule has 1 atom stereocenters. The number of esters is 1. The maximum Gasteiger partial charge on any atom is 0.333 e. The molecule has 0 bridgehead atoms. The summed E-state index contributed by atoms with van der Waals surface area (Å²) in [7, 11) is 0. The van der Waals surface area contributed by atoms with Crippen molar-refractivity contribution in [2.24, 2.45) is 0 Å². The monoisotopic (exact) mass is 248 g/mol. The van der Waals surface area contributed by atoms with Crippen LogP contribution in [0.4, 0.5) is 0 Å². The average Bonchev–Trinajstić information content (AvgIpc) is 2.17. The summed E-state index contributed by atoms with van der Waals surface area (Å²) >= 11 is 3.64. The molecule has 0 aliphatic heterocycles. The van der Waals surface area contributed by atoms with Crippen LogP contribution in [-0.2, 0) is 9.53 Å². The second kappa shape index (κ2) is 8.11. The minimum absolute atomic E-state index is 0.0656. The van der Waals surface area contributed by atoms with Crippen LogP contribution < -0.4 is 0 Å². The standard InChI is InChI=1S/C11H20O2S2/c1-6-14-11(15-7-2)9(5)13-10(12)8(3)4/h9,11H,3,6-7H2,1-2,4-5H3. The second-order valence-electron chi connectivity index (χ2n) is 3.17. The molecular weight excluding hydrogens is 228 g/mol. The Bertz CT molecular complexity index is 211. The van der Waals surface area contributed by atoms with Gasteiger partial charge in [-0.25, -0.2) is 4.79 Å². The van der Waals surface area contributed by atoms with Crippen molar-refractivity contribution in [2.45, 2.75) is 38.4 Å². The van der Waals surface area contributed by atoms with Gasteiger partial charge in [-0.15, -0.1) is 23.5 Å². The molecule has 15 heavy (non-hydrogen) atoms. The molecule has 0 aliphatic rings. The molecular formula is C11H20O2S2. The van der Waals surface area contributed by atoms with E-state index in [1.807, 2.05) is 30.4 Å². The number of rotatable bonds is 7. The summed E-state index contributed by atoms with van der Waals surface area (Å²) in [5.74, 6) is 1.78. The molecule has 4 heteroatoms. The average molecular weight is 248 g/mol. The van der Waals surface area contributed by atoms with Gasteiger partial charge in [-0.05, 0) is 25.4 Å². The van der Waals surface area contributed by atoms with Crippen molar-refractivity contribution in [3.63, 3.8) is 0 Å². The Morgan fingerprint density at radius 2 is 1.80 bits per heavy atom. The Balaban J connectivity index is 4.17. The van der Waals surface area contributed by atoms with Crippen LogP contribution in [0.1, 0.15) is 27.7 Å². The van der Waals surface area contributed by atoms with Crippen LogP contribution in [0.15, 0.2) is 12.2 Å². The highest BCUT2D eigenvalue weighted by molar-refractivity contribution is 8.17. The Kier molecular flexibility index (Phi) is 8.06. The third-order valence-corrected chi connectivity index (χ3v) is 4.59. The smallest absolute Gasteiger partial charge is 0.333 e. The summed E-state index contributed by atoms with van der Waals surface area (Å²) < 4.78 is 5.62. The topological polar surface area (TPSA) is 26.3 Å². The van der Waals surface area contributed by atoms with E-state index in [2.05, 4.69) is 20.4 Å². The van der Waals surface area contributed by atoms with Gasteiger partial charge >= 0.3 is 5.97 Å². The Morgan fingerprint density at radius 3 is 2.13 bits per heavy atom.